The SMILES string of the molecule is CC1(NC(=O)c2c(F)cccc2Br)CCNCC1. The summed E-state index contributed by atoms with van der Waals surface area (Å²) in [5.41, 5.74) is -0.179. The summed E-state index contributed by atoms with van der Waals surface area (Å²) < 4.78 is 14.2. The lowest BCUT2D eigenvalue weighted by Crippen LogP contribution is -2.52. The minimum atomic E-state index is -0.501. The maximum absolute atomic E-state index is 13.7. The Morgan fingerprint density at radius 1 is 1.44 bits per heavy atom. The van der Waals surface area contributed by atoms with Crippen molar-refractivity contribution in [3.8, 4) is 0 Å². The van der Waals surface area contributed by atoms with Gasteiger partial charge in [-0.25, -0.2) is 4.39 Å². The summed E-state index contributed by atoms with van der Waals surface area (Å²) in [5, 5.41) is 6.19. The fourth-order valence-electron chi connectivity index (χ4n) is 2.15. The average molecular weight is 315 g/mol. The van der Waals surface area contributed by atoms with Crippen molar-refractivity contribution in [3.63, 3.8) is 0 Å². The minimum Gasteiger partial charge on any atom is -0.347 e. The molecule has 5 heteroatoms. The second-order valence-corrected chi connectivity index (χ2v) is 5.72. The smallest absolute Gasteiger partial charge is 0.255 e. The van der Waals surface area contributed by atoms with Crippen LogP contribution in [0.25, 0.3) is 0 Å². The van der Waals surface area contributed by atoms with E-state index in [-0.39, 0.29) is 17.0 Å². The molecule has 0 radical (unpaired) electrons. The van der Waals surface area contributed by atoms with Crippen LogP contribution in [0.5, 0.6) is 0 Å². The molecule has 1 aliphatic heterocycles. The molecule has 0 aromatic heterocycles. The van der Waals surface area contributed by atoms with Gasteiger partial charge in [0.2, 0.25) is 0 Å². The van der Waals surface area contributed by atoms with E-state index in [2.05, 4.69) is 26.6 Å². The number of benzene rings is 1. The van der Waals surface area contributed by atoms with E-state index in [1.165, 1.54) is 6.07 Å². The van der Waals surface area contributed by atoms with Crippen LogP contribution in [-0.2, 0) is 0 Å². The molecule has 1 aromatic carbocycles. The van der Waals surface area contributed by atoms with Crippen molar-refractivity contribution >= 4 is 21.8 Å². The number of carbonyl (C=O) groups is 1. The van der Waals surface area contributed by atoms with Gasteiger partial charge in [-0.15, -0.1) is 0 Å². The van der Waals surface area contributed by atoms with E-state index >= 15 is 0 Å². The van der Waals surface area contributed by atoms with Crippen LogP contribution in [0.1, 0.15) is 30.1 Å². The summed E-state index contributed by atoms with van der Waals surface area (Å²) in [6.07, 6.45) is 1.70. The van der Waals surface area contributed by atoms with Gasteiger partial charge in [0.1, 0.15) is 5.82 Å². The number of amides is 1. The van der Waals surface area contributed by atoms with Crippen molar-refractivity contribution in [2.24, 2.45) is 0 Å². The first-order chi connectivity index (χ1) is 8.52. The third-order valence-electron chi connectivity index (χ3n) is 3.31. The summed E-state index contributed by atoms with van der Waals surface area (Å²) in [6, 6.07) is 4.54. The summed E-state index contributed by atoms with van der Waals surface area (Å²) in [6.45, 7) is 3.74. The van der Waals surface area contributed by atoms with Crippen LogP contribution >= 0.6 is 15.9 Å². The number of hydrogen-bond acceptors (Lipinski definition) is 2. The van der Waals surface area contributed by atoms with Gasteiger partial charge in [-0.3, -0.25) is 4.79 Å². The van der Waals surface area contributed by atoms with Crippen LogP contribution in [0.4, 0.5) is 4.39 Å². The minimum absolute atomic E-state index is 0.0808. The average Bonchev–Trinajstić information content (AvgIpc) is 2.28. The zero-order chi connectivity index (χ0) is 13.2. The van der Waals surface area contributed by atoms with E-state index in [1.54, 1.807) is 12.1 Å². The zero-order valence-corrected chi connectivity index (χ0v) is 11.8. The molecule has 1 aliphatic rings. The third kappa shape index (κ3) is 2.90. The maximum Gasteiger partial charge on any atom is 0.255 e. The van der Waals surface area contributed by atoms with Gasteiger partial charge in [0.05, 0.1) is 5.56 Å². The Morgan fingerprint density at radius 2 is 2.11 bits per heavy atom. The Bertz CT molecular complexity index is 438. The molecule has 0 atom stereocenters. The summed E-state index contributed by atoms with van der Waals surface area (Å²) in [4.78, 5) is 12.2. The molecule has 0 saturated carbocycles. The van der Waals surface area contributed by atoms with Gasteiger partial charge in [0.15, 0.2) is 0 Å². The van der Waals surface area contributed by atoms with Gasteiger partial charge in [0, 0.05) is 10.0 Å². The Hall–Kier alpha value is -0.940. The van der Waals surface area contributed by atoms with Gasteiger partial charge in [-0.2, -0.15) is 0 Å². The van der Waals surface area contributed by atoms with Crippen molar-refractivity contribution in [1.29, 1.82) is 0 Å². The molecule has 18 heavy (non-hydrogen) atoms. The monoisotopic (exact) mass is 314 g/mol. The van der Waals surface area contributed by atoms with Gasteiger partial charge < -0.3 is 10.6 Å². The van der Waals surface area contributed by atoms with Crippen LogP contribution in [0, 0.1) is 5.82 Å². The van der Waals surface area contributed by atoms with Crippen LogP contribution in [-0.4, -0.2) is 24.5 Å². The van der Waals surface area contributed by atoms with Crippen molar-refractivity contribution in [2.45, 2.75) is 25.3 Å². The van der Waals surface area contributed by atoms with E-state index in [1.807, 2.05) is 6.92 Å². The van der Waals surface area contributed by atoms with E-state index in [4.69, 9.17) is 0 Å². The molecule has 2 N–H and O–H groups in total. The summed E-state index contributed by atoms with van der Waals surface area (Å²) in [5.74, 6) is -0.858. The number of rotatable bonds is 2. The van der Waals surface area contributed by atoms with Crippen molar-refractivity contribution < 1.29 is 9.18 Å². The number of halogens is 2. The number of nitrogens with one attached hydrogen (secondary N) is 2. The molecule has 98 valence electrons. The standard InChI is InChI=1S/C13H16BrFN2O/c1-13(5-7-16-8-6-13)17-12(18)11-9(14)3-2-4-10(11)15/h2-4,16H,5-8H2,1H3,(H,17,18). The van der Waals surface area contributed by atoms with Crippen LogP contribution in [0.2, 0.25) is 0 Å². The second-order valence-electron chi connectivity index (χ2n) is 4.86. The Kier molecular flexibility index (Phi) is 4.02. The highest BCUT2D eigenvalue weighted by molar-refractivity contribution is 9.10. The second kappa shape index (κ2) is 5.36. The fraction of sp³-hybridized carbons (Fsp3) is 0.462. The molecule has 1 heterocycles. The number of hydrogen-bond donors (Lipinski definition) is 2. The van der Waals surface area contributed by atoms with Crippen LogP contribution in [0.3, 0.4) is 0 Å². The van der Waals surface area contributed by atoms with Gasteiger partial charge in [0.25, 0.3) is 5.91 Å². The Labute approximate surface area is 114 Å². The summed E-state index contributed by atoms with van der Waals surface area (Å²) >= 11 is 3.22. The lowest BCUT2D eigenvalue weighted by molar-refractivity contribution is 0.0882. The molecule has 0 spiro atoms. The molecular weight excluding hydrogens is 299 g/mol. The Balaban J connectivity index is 2.17. The highest BCUT2D eigenvalue weighted by Gasteiger charge is 2.30. The predicted octanol–water partition coefficient (Wildman–Crippen LogP) is 2.46. The molecule has 2 rings (SSSR count). The number of carbonyl (C=O) groups excluding carboxylic acids is 1. The third-order valence-corrected chi connectivity index (χ3v) is 3.97. The molecule has 3 nitrogen and oxygen atoms in total. The first-order valence-corrected chi connectivity index (χ1v) is 6.78. The van der Waals surface area contributed by atoms with Gasteiger partial charge in [-0.1, -0.05) is 6.07 Å². The molecule has 0 unspecified atom stereocenters. The fourth-order valence-corrected chi connectivity index (χ4v) is 2.68. The highest BCUT2D eigenvalue weighted by Crippen LogP contribution is 2.22. The molecule has 0 aliphatic carbocycles. The molecular formula is C13H16BrFN2O. The van der Waals surface area contributed by atoms with Crippen molar-refractivity contribution in [2.75, 3.05) is 13.1 Å². The molecule has 0 bridgehead atoms. The largest absolute Gasteiger partial charge is 0.347 e. The van der Waals surface area contributed by atoms with Crippen molar-refractivity contribution in [3.05, 3.63) is 34.1 Å². The van der Waals surface area contributed by atoms with Gasteiger partial charge >= 0.3 is 0 Å². The topological polar surface area (TPSA) is 41.1 Å². The lowest BCUT2D eigenvalue weighted by atomic mass is 9.90. The predicted molar refractivity (Wildman–Crippen MR) is 72.1 cm³/mol. The van der Waals surface area contributed by atoms with Crippen LogP contribution in [0.15, 0.2) is 22.7 Å². The molecule has 1 aromatic rings. The maximum atomic E-state index is 13.7. The first kappa shape index (κ1) is 13.5. The quantitative estimate of drug-likeness (QED) is 0.880. The lowest BCUT2D eigenvalue weighted by Gasteiger charge is -2.35. The summed E-state index contributed by atoms with van der Waals surface area (Å²) in [7, 11) is 0. The normalized spacial score (nSPS) is 18.4. The zero-order valence-electron chi connectivity index (χ0n) is 10.2. The van der Waals surface area contributed by atoms with E-state index < -0.39 is 5.82 Å². The highest BCUT2D eigenvalue weighted by atomic mass is 79.9. The molecule has 1 fully saturated rings. The Morgan fingerprint density at radius 3 is 2.72 bits per heavy atom. The van der Waals surface area contributed by atoms with E-state index in [0.29, 0.717) is 4.47 Å². The van der Waals surface area contributed by atoms with E-state index in [9.17, 15) is 9.18 Å². The number of piperidine rings is 1. The van der Waals surface area contributed by atoms with E-state index in [0.717, 1.165) is 25.9 Å². The molecule has 1 saturated heterocycles. The molecule has 1 amide bonds. The van der Waals surface area contributed by atoms with Gasteiger partial charge in [-0.05, 0) is 60.9 Å². The first-order valence-electron chi connectivity index (χ1n) is 5.99. The van der Waals surface area contributed by atoms with Crippen LogP contribution < -0.4 is 10.6 Å². The van der Waals surface area contributed by atoms with Crippen molar-refractivity contribution in [1.82, 2.24) is 10.6 Å².